The van der Waals surface area contributed by atoms with Crippen LogP contribution >= 0.6 is 27.5 Å². The van der Waals surface area contributed by atoms with Crippen LogP contribution in [0.5, 0.6) is 0 Å². The van der Waals surface area contributed by atoms with Gasteiger partial charge in [0, 0.05) is 22.0 Å². The minimum Gasteiger partial charge on any atom is -0.383 e. The van der Waals surface area contributed by atoms with Gasteiger partial charge < -0.3 is 10.3 Å². The third-order valence-electron chi connectivity index (χ3n) is 3.60. The normalized spacial score (nSPS) is 15.1. The van der Waals surface area contributed by atoms with Crippen LogP contribution in [-0.4, -0.2) is 9.55 Å². The van der Waals surface area contributed by atoms with Crippen molar-refractivity contribution in [1.29, 1.82) is 0 Å². The molecule has 1 heterocycles. The van der Waals surface area contributed by atoms with Crippen molar-refractivity contribution in [2.75, 3.05) is 5.73 Å². The maximum Gasteiger partial charge on any atom is 0.132 e. The summed E-state index contributed by atoms with van der Waals surface area (Å²) in [4.78, 5) is 4.78. The molecule has 0 spiro atoms. The Kier molecular flexibility index (Phi) is 3.55. The van der Waals surface area contributed by atoms with Crippen LogP contribution in [0.4, 0.5) is 5.82 Å². The average molecular weight is 355 g/mol. The van der Waals surface area contributed by atoms with Gasteiger partial charge in [0.05, 0.1) is 5.02 Å². The fourth-order valence-electron chi connectivity index (χ4n) is 2.44. The first-order chi connectivity index (χ1) is 9.49. The van der Waals surface area contributed by atoms with E-state index in [-0.39, 0.29) is 0 Å². The van der Waals surface area contributed by atoms with Crippen molar-refractivity contribution < 1.29 is 0 Å². The molecule has 2 aromatic rings. The van der Waals surface area contributed by atoms with Gasteiger partial charge in [-0.3, -0.25) is 0 Å². The first kappa shape index (κ1) is 14.0. The number of aromatic nitrogens is 2. The first-order valence-corrected chi connectivity index (χ1v) is 7.99. The summed E-state index contributed by atoms with van der Waals surface area (Å²) in [5.74, 6) is 2.19. The van der Waals surface area contributed by atoms with Gasteiger partial charge in [-0.2, -0.15) is 0 Å². The summed E-state index contributed by atoms with van der Waals surface area (Å²) < 4.78 is 3.09. The molecule has 20 heavy (non-hydrogen) atoms. The fraction of sp³-hybridized carbons (Fsp3) is 0.400. The van der Waals surface area contributed by atoms with Crippen LogP contribution in [-0.2, 0) is 0 Å². The van der Waals surface area contributed by atoms with Crippen molar-refractivity contribution in [2.24, 2.45) is 0 Å². The summed E-state index contributed by atoms with van der Waals surface area (Å²) in [6.45, 7) is 4.30. The van der Waals surface area contributed by atoms with Gasteiger partial charge in [-0.15, -0.1) is 0 Å². The highest BCUT2D eigenvalue weighted by atomic mass is 79.9. The summed E-state index contributed by atoms with van der Waals surface area (Å²) in [5, 5.41) is 0.675. The Morgan fingerprint density at radius 1 is 1.40 bits per heavy atom. The highest BCUT2D eigenvalue weighted by Crippen LogP contribution is 2.42. The van der Waals surface area contributed by atoms with Gasteiger partial charge in [-0.25, -0.2) is 4.98 Å². The zero-order valence-electron chi connectivity index (χ0n) is 11.5. The lowest BCUT2D eigenvalue weighted by atomic mass is 10.1. The molecule has 0 bridgehead atoms. The van der Waals surface area contributed by atoms with E-state index < -0.39 is 0 Å². The minimum atomic E-state index is 0.359. The standard InChI is InChI=1S/C15H17BrClN3/c1-8(2)15-19-13(14(18)20(15)10-4-5-10)9-3-6-11(16)12(17)7-9/h3,6-8,10H,4-5,18H2,1-2H3. The second kappa shape index (κ2) is 5.08. The third kappa shape index (κ3) is 2.35. The zero-order valence-corrected chi connectivity index (χ0v) is 13.9. The van der Waals surface area contributed by atoms with Crippen molar-refractivity contribution in [1.82, 2.24) is 9.55 Å². The Hall–Kier alpha value is -1.00. The summed E-state index contributed by atoms with van der Waals surface area (Å²) in [6, 6.07) is 6.36. The van der Waals surface area contributed by atoms with Crippen molar-refractivity contribution in [2.45, 2.75) is 38.6 Å². The number of hydrogen-bond acceptors (Lipinski definition) is 2. The minimum absolute atomic E-state index is 0.359. The Bertz CT molecular complexity index is 659. The average Bonchev–Trinajstić information content (AvgIpc) is 3.16. The molecule has 3 rings (SSSR count). The van der Waals surface area contributed by atoms with E-state index in [2.05, 4.69) is 34.3 Å². The number of rotatable bonds is 3. The van der Waals surface area contributed by atoms with Crippen molar-refractivity contribution in [3.63, 3.8) is 0 Å². The van der Waals surface area contributed by atoms with Crippen molar-refractivity contribution in [3.8, 4) is 11.3 Å². The third-order valence-corrected chi connectivity index (χ3v) is 4.83. The van der Waals surface area contributed by atoms with E-state index in [1.54, 1.807) is 0 Å². The maximum atomic E-state index is 6.35. The van der Waals surface area contributed by atoms with Gasteiger partial charge in [0.15, 0.2) is 0 Å². The second-order valence-electron chi connectivity index (χ2n) is 5.59. The maximum absolute atomic E-state index is 6.35. The number of halogens is 2. The van der Waals surface area contributed by atoms with E-state index >= 15 is 0 Å². The molecule has 106 valence electrons. The van der Waals surface area contributed by atoms with Gasteiger partial charge in [-0.1, -0.05) is 31.5 Å². The molecule has 1 saturated carbocycles. The molecule has 0 aliphatic heterocycles. The Morgan fingerprint density at radius 3 is 2.65 bits per heavy atom. The lowest BCUT2D eigenvalue weighted by Crippen LogP contribution is -2.06. The van der Waals surface area contributed by atoms with Gasteiger partial charge in [0.1, 0.15) is 17.3 Å². The molecule has 0 saturated heterocycles. The molecule has 1 aromatic carbocycles. The number of nitrogen functional groups attached to an aromatic ring is 1. The van der Waals surface area contributed by atoms with Crippen LogP contribution in [0.25, 0.3) is 11.3 Å². The van der Waals surface area contributed by atoms with Crippen LogP contribution < -0.4 is 5.73 Å². The summed E-state index contributed by atoms with van der Waals surface area (Å²) in [7, 11) is 0. The molecular formula is C15H17BrClN3. The van der Waals surface area contributed by atoms with Crippen LogP contribution in [0.15, 0.2) is 22.7 Å². The van der Waals surface area contributed by atoms with E-state index in [9.17, 15) is 0 Å². The molecule has 1 aliphatic rings. The molecule has 3 nitrogen and oxygen atoms in total. The Morgan fingerprint density at radius 2 is 2.10 bits per heavy atom. The zero-order chi connectivity index (χ0) is 14.4. The summed E-state index contributed by atoms with van der Waals surface area (Å²) in [6.07, 6.45) is 2.39. The number of anilines is 1. The molecule has 0 amide bonds. The summed E-state index contributed by atoms with van der Waals surface area (Å²) >= 11 is 9.59. The van der Waals surface area contributed by atoms with E-state index in [0.717, 1.165) is 27.4 Å². The van der Waals surface area contributed by atoms with Gasteiger partial charge in [0.2, 0.25) is 0 Å². The predicted octanol–water partition coefficient (Wildman–Crippen LogP) is 5.01. The van der Waals surface area contributed by atoms with Gasteiger partial charge in [-0.05, 0) is 40.9 Å². The molecule has 2 N–H and O–H groups in total. The van der Waals surface area contributed by atoms with Crippen LogP contribution in [0, 0.1) is 0 Å². The second-order valence-corrected chi connectivity index (χ2v) is 6.85. The van der Waals surface area contributed by atoms with Crippen molar-refractivity contribution in [3.05, 3.63) is 33.5 Å². The predicted molar refractivity (Wildman–Crippen MR) is 87.1 cm³/mol. The smallest absolute Gasteiger partial charge is 0.132 e. The topological polar surface area (TPSA) is 43.8 Å². The largest absolute Gasteiger partial charge is 0.383 e. The van der Waals surface area contributed by atoms with E-state index in [1.165, 1.54) is 12.8 Å². The number of benzene rings is 1. The summed E-state index contributed by atoms with van der Waals surface area (Å²) in [5.41, 5.74) is 8.16. The van der Waals surface area contributed by atoms with E-state index in [0.29, 0.717) is 17.0 Å². The quantitative estimate of drug-likeness (QED) is 0.842. The lowest BCUT2D eigenvalue weighted by molar-refractivity contribution is 0.646. The molecule has 0 radical (unpaired) electrons. The Balaban J connectivity index is 2.13. The van der Waals surface area contributed by atoms with Crippen LogP contribution in [0.3, 0.4) is 0 Å². The van der Waals surface area contributed by atoms with E-state index in [4.69, 9.17) is 22.3 Å². The molecule has 1 aromatic heterocycles. The molecule has 1 fully saturated rings. The monoisotopic (exact) mass is 353 g/mol. The molecule has 0 unspecified atom stereocenters. The number of hydrogen-bond donors (Lipinski definition) is 1. The molecule has 5 heteroatoms. The highest BCUT2D eigenvalue weighted by Gasteiger charge is 2.30. The number of imidazole rings is 1. The molecular weight excluding hydrogens is 338 g/mol. The van der Waals surface area contributed by atoms with Gasteiger partial charge >= 0.3 is 0 Å². The Labute approximate surface area is 132 Å². The highest BCUT2D eigenvalue weighted by molar-refractivity contribution is 9.10. The fourth-order valence-corrected chi connectivity index (χ4v) is 2.87. The van der Waals surface area contributed by atoms with Gasteiger partial charge in [0.25, 0.3) is 0 Å². The number of nitrogens with zero attached hydrogens (tertiary/aromatic N) is 2. The lowest BCUT2D eigenvalue weighted by Gasteiger charge is -2.10. The SMILES string of the molecule is CC(C)c1nc(-c2ccc(Br)c(Cl)c2)c(N)n1C1CC1. The van der Waals surface area contributed by atoms with E-state index in [1.807, 2.05) is 18.2 Å². The number of nitrogens with two attached hydrogens (primary N) is 1. The first-order valence-electron chi connectivity index (χ1n) is 6.82. The molecule has 0 atom stereocenters. The van der Waals surface area contributed by atoms with Crippen LogP contribution in [0.1, 0.15) is 44.5 Å². The van der Waals surface area contributed by atoms with Crippen LogP contribution in [0.2, 0.25) is 5.02 Å². The van der Waals surface area contributed by atoms with Crippen molar-refractivity contribution >= 4 is 33.3 Å². The molecule has 1 aliphatic carbocycles.